The quantitative estimate of drug-likeness (QED) is 0.910. The third-order valence-corrected chi connectivity index (χ3v) is 5.90. The summed E-state index contributed by atoms with van der Waals surface area (Å²) < 4.78 is 5.72. The number of carbonyl (C=O) groups excluding carboxylic acids is 2. The number of pyridine rings is 1. The summed E-state index contributed by atoms with van der Waals surface area (Å²) >= 11 is 0. The number of nitrogens with one attached hydrogen (secondary N) is 1. The molecule has 3 aliphatic heterocycles. The van der Waals surface area contributed by atoms with Gasteiger partial charge in [-0.25, -0.2) is 0 Å². The highest BCUT2D eigenvalue weighted by atomic mass is 16.4. The normalized spacial score (nSPS) is 27.5. The van der Waals surface area contributed by atoms with Gasteiger partial charge in [0.2, 0.25) is 11.8 Å². The smallest absolute Gasteiger partial charge is 0.270 e. The van der Waals surface area contributed by atoms with E-state index in [0.717, 1.165) is 31.3 Å². The Morgan fingerprint density at radius 3 is 2.69 bits per heavy atom. The van der Waals surface area contributed by atoms with E-state index in [2.05, 4.69) is 22.1 Å². The van der Waals surface area contributed by atoms with Crippen molar-refractivity contribution in [2.24, 2.45) is 5.92 Å². The van der Waals surface area contributed by atoms with Crippen LogP contribution in [0.4, 0.5) is 5.88 Å². The summed E-state index contributed by atoms with van der Waals surface area (Å²) in [4.78, 5) is 32.4. The van der Waals surface area contributed by atoms with Crippen LogP contribution in [-0.2, 0) is 4.79 Å². The average molecular weight is 356 g/mol. The van der Waals surface area contributed by atoms with Gasteiger partial charge in [0.1, 0.15) is 11.3 Å². The molecule has 3 saturated heterocycles. The van der Waals surface area contributed by atoms with Crippen LogP contribution in [-0.4, -0.2) is 53.9 Å². The minimum Gasteiger partial charge on any atom is -0.440 e. The van der Waals surface area contributed by atoms with Crippen LogP contribution in [0.3, 0.4) is 0 Å². The van der Waals surface area contributed by atoms with Crippen molar-refractivity contribution < 1.29 is 14.0 Å². The van der Waals surface area contributed by atoms with Gasteiger partial charge in [-0.1, -0.05) is 0 Å². The molecule has 5 heterocycles. The summed E-state index contributed by atoms with van der Waals surface area (Å²) in [7, 11) is 1.65. The molecule has 138 valence electrons. The molecule has 0 aliphatic carbocycles. The zero-order chi connectivity index (χ0) is 18.4. The number of aromatic nitrogens is 1. The average Bonchev–Trinajstić information content (AvgIpc) is 3.07. The van der Waals surface area contributed by atoms with Gasteiger partial charge < -0.3 is 9.73 Å². The monoisotopic (exact) mass is 356 g/mol. The van der Waals surface area contributed by atoms with Gasteiger partial charge in [-0.2, -0.15) is 0 Å². The van der Waals surface area contributed by atoms with E-state index in [1.807, 2.05) is 0 Å². The van der Waals surface area contributed by atoms with Gasteiger partial charge in [-0.15, -0.1) is 0 Å². The first-order valence-corrected chi connectivity index (χ1v) is 9.13. The van der Waals surface area contributed by atoms with E-state index in [1.54, 1.807) is 25.4 Å². The highest BCUT2D eigenvalue weighted by Gasteiger charge is 2.40. The van der Waals surface area contributed by atoms with Gasteiger partial charge in [-0.3, -0.25) is 24.4 Å². The minimum absolute atomic E-state index is 0.119. The second-order valence-electron chi connectivity index (χ2n) is 7.38. The second kappa shape index (κ2) is 6.39. The molecular formula is C19H24N4O3. The first-order valence-electron chi connectivity index (χ1n) is 9.13. The van der Waals surface area contributed by atoms with Crippen LogP contribution in [0.25, 0.3) is 11.0 Å². The van der Waals surface area contributed by atoms with Gasteiger partial charge in [0.15, 0.2) is 0 Å². The summed E-state index contributed by atoms with van der Waals surface area (Å²) in [5.74, 6) is 0.696. The SMILES string of the molecule is CC(=O)N(C)c1cc2cnc(C(=O)N[C@@H]3C4CCN(CC4)[C@H]3C)cc2o1. The third-order valence-electron chi connectivity index (χ3n) is 5.90. The van der Waals surface area contributed by atoms with Crippen molar-refractivity contribution in [1.29, 1.82) is 0 Å². The number of piperidine rings is 3. The van der Waals surface area contributed by atoms with Gasteiger partial charge in [0, 0.05) is 49.8 Å². The molecule has 3 fully saturated rings. The molecule has 3 aliphatic rings. The fourth-order valence-corrected chi connectivity index (χ4v) is 4.13. The fraction of sp³-hybridized carbons (Fsp3) is 0.526. The predicted octanol–water partition coefficient (Wildman–Crippen LogP) is 2.02. The number of rotatable bonds is 3. The molecule has 1 N–H and O–H groups in total. The lowest BCUT2D eigenvalue weighted by molar-refractivity contribution is -0.116. The number of furan rings is 1. The van der Waals surface area contributed by atoms with E-state index >= 15 is 0 Å². The number of hydrogen-bond donors (Lipinski definition) is 1. The summed E-state index contributed by atoms with van der Waals surface area (Å²) in [6.45, 7) is 5.91. The number of anilines is 1. The molecule has 0 radical (unpaired) electrons. The second-order valence-corrected chi connectivity index (χ2v) is 7.38. The zero-order valence-corrected chi connectivity index (χ0v) is 15.4. The molecule has 2 amide bonds. The van der Waals surface area contributed by atoms with E-state index < -0.39 is 0 Å². The molecule has 7 heteroatoms. The largest absolute Gasteiger partial charge is 0.440 e. The zero-order valence-electron chi connectivity index (χ0n) is 15.4. The summed E-state index contributed by atoms with van der Waals surface area (Å²) in [5, 5.41) is 3.94. The van der Waals surface area contributed by atoms with Crippen molar-refractivity contribution in [3.05, 3.63) is 24.0 Å². The summed E-state index contributed by atoms with van der Waals surface area (Å²) in [6.07, 6.45) is 3.90. The Morgan fingerprint density at radius 1 is 1.31 bits per heavy atom. The topological polar surface area (TPSA) is 78.7 Å². The number of amides is 2. The molecule has 2 atom stereocenters. The number of nitrogens with zero attached hydrogens (tertiary/aromatic N) is 3. The first-order chi connectivity index (χ1) is 12.4. The van der Waals surface area contributed by atoms with Crippen LogP contribution >= 0.6 is 0 Å². The Kier molecular flexibility index (Phi) is 4.19. The molecule has 5 rings (SSSR count). The van der Waals surface area contributed by atoms with Gasteiger partial charge in [-0.05, 0) is 38.8 Å². The highest BCUT2D eigenvalue weighted by molar-refractivity contribution is 5.97. The van der Waals surface area contributed by atoms with Crippen molar-refractivity contribution in [2.75, 3.05) is 25.0 Å². The molecular weight excluding hydrogens is 332 g/mol. The van der Waals surface area contributed by atoms with E-state index in [0.29, 0.717) is 29.1 Å². The van der Waals surface area contributed by atoms with Crippen LogP contribution in [0.1, 0.15) is 37.2 Å². The van der Waals surface area contributed by atoms with Crippen molar-refractivity contribution in [3.63, 3.8) is 0 Å². The van der Waals surface area contributed by atoms with Gasteiger partial charge >= 0.3 is 0 Å². The van der Waals surface area contributed by atoms with Crippen LogP contribution in [0.5, 0.6) is 0 Å². The van der Waals surface area contributed by atoms with Crippen LogP contribution in [0.15, 0.2) is 22.7 Å². The Bertz CT molecular complexity index is 852. The van der Waals surface area contributed by atoms with E-state index in [-0.39, 0.29) is 17.9 Å². The molecule has 26 heavy (non-hydrogen) atoms. The van der Waals surface area contributed by atoms with Gasteiger partial charge in [0.05, 0.1) is 0 Å². The Labute approximate surface area is 152 Å². The van der Waals surface area contributed by atoms with E-state index in [9.17, 15) is 9.59 Å². The Morgan fingerprint density at radius 2 is 2.04 bits per heavy atom. The maximum atomic E-state index is 12.7. The molecule has 0 spiro atoms. The van der Waals surface area contributed by atoms with E-state index in [4.69, 9.17) is 4.42 Å². The highest BCUT2D eigenvalue weighted by Crippen LogP contribution is 2.32. The number of fused-ring (bicyclic) bond motifs is 4. The van der Waals surface area contributed by atoms with Crippen molar-refractivity contribution >= 4 is 28.7 Å². The summed E-state index contributed by atoms with van der Waals surface area (Å²) in [5.41, 5.74) is 0.891. The molecule has 7 nitrogen and oxygen atoms in total. The van der Waals surface area contributed by atoms with Crippen LogP contribution < -0.4 is 10.2 Å². The van der Waals surface area contributed by atoms with Crippen molar-refractivity contribution in [1.82, 2.24) is 15.2 Å². The molecule has 0 saturated carbocycles. The standard InChI is InChI=1S/C19H24N4O3/c1-11-18(13-4-6-23(11)7-5-13)21-19(25)15-9-16-14(10-20-15)8-17(26-16)22(3)12(2)24/h8-11,13,18H,4-7H2,1-3H3,(H,21,25)/t11-,18-/m0/s1. The van der Waals surface area contributed by atoms with Gasteiger partial charge in [0.25, 0.3) is 5.91 Å². The maximum Gasteiger partial charge on any atom is 0.270 e. The molecule has 2 aromatic rings. The molecule has 0 unspecified atom stereocenters. The molecule has 2 aromatic heterocycles. The lowest BCUT2D eigenvalue weighted by atomic mass is 9.79. The lowest BCUT2D eigenvalue weighted by Gasteiger charge is -2.49. The molecule has 0 aromatic carbocycles. The lowest BCUT2D eigenvalue weighted by Crippen LogP contribution is -2.62. The predicted molar refractivity (Wildman–Crippen MR) is 98.1 cm³/mol. The minimum atomic E-state index is -0.171. The summed E-state index contributed by atoms with van der Waals surface area (Å²) in [6, 6.07) is 3.92. The number of hydrogen-bond acceptors (Lipinski definition) is 5. The van der Waals surface area contributed by atoms with E-state index in [1.165, 1.54) is 11.8 Å². The Hall–Kier alpha value is -2.41. The van der Waals surface area contributed by atoms with Crippen molar-refractivity contribution in [2.45, 2.75) is 38.8 Å². The fourth-order valence-electron chi connectivity index (χ4n) is 4.13. The maximum absolute atomic E-state index is 12.7. The van der Waals surface area contributed by atoms with Crippen LogP contribution in [0, 0.1) is 5.92 Å². The first kappa shape index (κ1) is 17.0. The van der Waals surface area contributed by atoms with Crippen LogP contribution in [0.2, 0.25) is 0 Å². The number of carbonyl (C=O) groups is 2. The Balaban J connectivity index is 1.54. The molecule has 2 bridgehead atoms. The third kappa shape index (κ3) is 2.86. The van der Waals surface area contributed by atoms with Crippen molar-refractivity contribution in [3.8, 4) is 0 Å².